The Hall–Kier alpha value is -1.11. The van der Waals surface area contributed by atoms with Crippen LogP contribution in [0.3, 0.4) is 0 Å². The number of pyridine rings is 1. The molecule has 0 saturated carbocycles. The summed E-state index contributed by atoms with van der Waals surface area (Å²) < 4.78 is 0. The Balaban J connectivity index is 0.000000561. The fraction of sp³-hybridized carbons (Fsp3) is 0.364. The van der Waals surface area contributed by atoms with Gasteiger partial charge in [0, 0.05) is 6.20 Å². The van der Waals surface area contributed by atoms with Gasteiger partial charge in [-0.3, -0.25) is 4.98 Å². The molecule has 0 aliphatic heterocycles. The highest BCUT2D eigenvalue weighted by Gasteiger charge is 1.92. The number of nitrogens with zero attached hydrogens (tertiary/aromatic N) is 1. The second-order valence-corrected chi connectivity index (χ2v) is 2.50. The number of hydrogen-bond acceptors (Lipinski definition) is 1. The van der Waals surface area contributed by atoms with Gasteiger partial charge in [-0.1, -0.05) is 20.4 Å². The smallest absolute Gasteiger partial charge is 0.0655 e. The normalized spacial score (nSPS) is 8.33. The van der Waals surface area contributed by atoms with E-state index in [9.17, 15) is 0 Å². The first-order valence-corrected chi connectivity index (χ1v) is 4.28. The van der Waals surface area contributed by atoms with Crippen molar-refractivity contribution in [2.24, 2.45) is 0 Å². The highest BCUT2D eigenvalue weighted by molar-refractivity contribution is 5.57. The molecule has 0 N–H and O–H groups in total. The molecular weight excluding hydrogens is 146 g/mol. The number of hydrogen-bond donors (Lipinski definition) is 0. The van der Waals surface area contributed by atoms with Crippen LogP contribution < -0.4 is 0 Å². The molecule has 0 radical (unpaired) electrons. The van der Waals surface area contributed by atoms with Gasteiger partial charge >= 0.3 is 0 Å². The number of aromatic nitrogens is 1. The van der Waals surface area contributed by atoms with Crippen molar-refractivity contribution < 1.29 is 0 Å². The van der Waals surface area contributed by atoms with Crippen molar-refractivity contribution in [2.45, 2.75) is 27.7 Å². The second-order valence-electron chi connectivity index (χ2n) is 2.50. The van der Waals surface area contributed by atoms with Crippen LogP contribution >= 0.6 is 0 Å². The molecular formula is C11H17N. The van der Waals surface area contributed by atoms with Gasteiger partial charge in [0.05, 0.1) is 5.69 Å². The first kappa shape index (κ1) is 10.9. The van der Waals surface area contributed by atoms with Crippen molar-refractivity contribution in [1.82, 2.24) is 4.98 Å². The van der Waals surface area contributed by atoms with E-state index < -0.39 is 0 Å². The Morgan fingerprint density at radius 1 is 1.42 bits per heavy atom. The molecule has 0 unspecified atom stereocenters. The summed E-state index contributed by atoms with van der Waals surface area (Å²) >= 11 is 0. The van der Waals surface area contributed by atoms with Crippen molar-refractivity contribution in [3.8, 4) is 0 Å². The zero-order valence-electron chi connectivity index (χ0n) is 8.39. The molecule has 0 aromatic carbocycles. The summed E-state index contributed by atoms with van der Waals surface area (Å²) in [5, 5.41) is 0. The van der Waals surface area contributed by atoms with E-state index in [-0.39, 0.29) is 0 Å². The van der Waals surface area contributed by atoms with Crippen LogP contribution in [0.2, 0.25) is 0 Å². The van der Waals surface area contributed by atoms with Crippen molar-refractivity contribution in [2.75, 3.05) is 0 Å². The first-order valence-electron chi connectivity index (χ1n) is 4.28. The van der Waals surface area contributed by atoms with Crippen LogP contribution in [-0.4, -0.2) is 4.98 Å². The van der Waals surface area contributed by atoms with Crippen molar-refractivity contribution >= 4 is 5.57 Å². The minimum atomic E-state index is 0.986. The number of rotatable bonds is 1. The Labute approximate surface area is 75.2 Å². The van der Waals surface area contributed by atoms with Crippen LogP contribution in [0.15, 0.2) is 24.9 Å². The fourth-order valence-electron chi connectivity index (χ4n) is 0.770. The summed E-state index contributed by atoms with van der Waals surface area (Å²) in [6.07, 6.45) is 1.80. The molecule has 0 saturated heterocycles. The maximum atomic E-state index is 4.14. The van der Waals surface area contributed by atoms with E-state index >= 15 is 0 Å². The van der Waals surface area contributed by atoms with Gasteiger partial charge in [0.1, 0.15) is 0 Å². The molecule has 1 aromatic rings. The van der Waals surface area contributed by atoms with E-state index in [2.05, 4.69) is 11.6 Å². The van der Waals surface area contributed by atoms with E-state index in [0.717, 1.165) is 11.3 Å². The first-order chi connectivity index (χ1) is 5.70. The van der Waals surface area contributed by atoms with Crippen LogP contribution in [0.5, 0.6) is 0 Å². The molecule has 1 rings (SSSR count). The summed E-state index contributed by atoms with van der Waals surface area (Å²) in [7, 11) is 0. The molecule has 0 atom stereocenters. The lowest BCUT2D eigenvalue weighted by molar-refractivity contribution is 1.24. The Bertz CT molecular complexity index is 251. The third-order valence-electron chi connectivity index (χ3n) is 1.35. The SMILES string of the molecule is C=C(C)c1cc(C)ccn1.CC. The molecule has 0 spiro atoms. The predicted molar refractivity (Wildman–Crippen MR) is 55.0 cm³/mol. The molecule has 0 amide bonds. The molecule has 0 fully saturated rings. The van der Waals surface area contributed by atoms with Gasteiger partial charge in [-0.15, -0.1) is 0 Å². The van der Waals surface area contributed by atoms with Crippen molar-refractivity contribution in [3.05, 3.63) is 36.2 Å². The summed E-state index contributed by atoms with van der Waals surface area (Å²) in [6, 6.07) is 4.01. The molecule has 0 aliphatic carbocycles. The minimum absolute atomic E-state index is 0.986. The van der Waals surface area contributed by atoms with E-state index in [1.807, 2.05) is 39.8 Å². The van der Waals surface area contributed by atoms with Gasteiger partial charge in [0.2, 0.25) is 0 Å². The summed E-state index contributed by atoms with van der Waals surface area (Å²) in [6.45, 7) is 11.8. The summed E-state index contributed by atoms with van der Waals surface area (Å²) in [5.41, 5.74) is 3.23. The maximum Gasteiger partial charge on any atom is 0.0655 e. The van der Waals surface area contributed by atoms with E-state index in [4.69, 9.17) is 0 Å². The topological polar surface area (TPSA) is 12.9 Å². The van der Waals surface area contributed by atoms with E-state index in [1.54, 1.807) is 6.20 Å². The number of aryl methyl sites for hydroxylation is 1. The Morgan fingerprint density at radius 2 is 2.00 bits per heavy atom. The third-order valence-corrected chi connectivity index (χ3v) is 1.35. The molecule has 1 aromatic heterocycles. The average molecular weight is 163 g/mol. The molecule has 1 heterocycles. The van der Waals surface area contributed by atoms with Crippen LogP contribution in [-0.2, 0) is 0 Å². The van der Waals surface area contributed by atoms with Gasteiger partial charge in [-0.25, -0.2) is 0 Å². The zero-order valence-corrected chi connectivity index (χ0v) is 8.39. The lowest BCUT2D eigenvalue weighted by Crippen LogP contribution is -1.84. The average Bonchev–Trinajstić information content (AvgIpc) is 2.08. The molecule has 1 heteroatoms. The molecule has 66 valence electrons. The summed E-state index contributed by atoms with van der Waals surface area (Å²) in [4.78, 5) is 4.14. The van der Waals surface area contributed by atoms with Crippen molar-refractivity contribution in [3.63, 3.8) is 0 Å². The molecule has 1 nitrogen and oxygen atoms in total. The molecule has 0 aliphatic rings. The van der Waals surface area contributed by atoms with Crippen LogP contribution in [0.4, 0.5) is 0 Å². The molecule has 12 heavy (non-hydrogen) atoms. The Morgan fingerprint density at radius 3 is 2.33 bits per heavy atom. The van der Waals surface area contributed by atoms with E-state index in [0.29, 0.717) is 0 Å². The highest BCUT2D eigenvalue weighted by Crippen LogP contribution is 2.08. The lowest BCUT2D eigenvalue weighted by atomic mass is 10.2. The van der Waals surface area contributed by atoms with Crippen molar-refractivity contribution in [1.29, 1.82) is 0 Å². The lowest BCUT2D eigenvalue weighted by Gasteiger charge is -1.97. The van der Waals surface area contributed by atoms with Gasteiger partial charge in [-0.2, -0.15) is 0 Å². The Kier molecular flexibility index (Phi) is 5.02. The third kappa shape index (κ3) is 3.33. The minimum Gasteiger partial charge on any atom is -0.257 e. The highest BCUT2D eigenvalue weighted by atomic mass is 14.7. The maximum absolute atomic E-state index is 4.14. The summed E-state index contributed by atoms with van der Waals surface area (Å²) in [5.74, 6) is 0. The number of allylic oxidation sites excluding steroid dienone is 1. The zero-order chi connectivity index (χ0) is 9.56. The van der Waals surface area contributed by atoms with Gasteiger partial charge in [0.15, 0.2) is 0 Å². The van der Waals surface area contributed by atoms with E-state index in [1.165, 1.54) is 5.56 Å². The monoisotopic (exact) mass is 163 g/mol. The second kappa shape index (κ2) is 5.53. The van der Waals surface area contributed by atoms with Crippen LogP contribution in [0.25, 0.3) is 5.57 Å². The largest absolute Gasteiger partial charge is 0.257 e. The van der Waals surface area contributed by atoms with Gasteiger partial charge < -0.3 is 0 Å². The van der Waals surface area contributed by atoms with Crippen LogP contribution in [0, 0.1) is 6.92 Å². The molecule has 0 bridgehead atoms. The van der Waals surface area contributed by atoms with Gasteiger partial charge in [-0.05, 0) is 37.1 Å². The van der Waals surface area contributed by atoms with Crippen LogP contribution in [0.1, 0.15) is 32.0 Å². The fourth-order valence-corrected chi connectivity index (χ4v) is 0.770. The quantitative estimate of drug-likeness (QED) is 0.618. The predicted octanol–water partition coefficient (Wildman–Crippen LogP) is 3.45. The van der Waals surface area contributed by atoms with Gasteiger partial charge in [0.25, 0.3) is 0 Å². The standard InChI is InChI=1S/C9H11N.C2H6/c1-7(2)9-6-8(3)4-5-10-9;1-2/h4-6H,1H2,2-3H3;1-2H3.